The summed E-state index contributed by atoms with van der Waals surface area (Å²) in [5.74, 6) is -0.0996. The van der Waals surface area contributed by atoms with Gasteiger partial charge in [0.05, 0.1) is 36.1 Å². The Labute approximate surface area is 165 Å². The van der Waals surface area contributed by atoms with Crippen LogP contribution in [0, 0.1) is 11.3 Å². The van der Waals surface area contributed by atoms with E-state index in [9.17, 15) is 4.79 Å². The molecule has 2 N–H and O–H groups in total. The lowest BCUT2D eigenvalue weighted by Gasteiger charge is -2.41. The molecule has 3 aliphatic rings. The second-order valence-electron chi connectivity index (χ2n) is 8.14. The number of allylic oxidation sites excluding steroid dienone is 1. The van der Waals surface area contributed by atoms with Crippen LogP contribution in [0.5, 0.6) is 0 Å². The maximum atomic E-state index is 12.8. The van der Waals surface area contributed by atoms with Crippen molar-refractivity contribution in [2.24, 2.45) is 9.98 Å². The second kappa shape index (κ2) is 7.23. The van der Waals surface area contributed by atoms with Gasteiger partial charge in [-0.1, -0.05) is 12.6 Å². The smallest absolute Gasteiger partial charge is 0.251 e. The Bertz CT molecular complexity index is 912. The van der Waals surface area contributed by atoms with E-state index in [0.29, 0.717) is 17.7 Å². The Hall–Kier alpha value is -2.94. The molecule has 0 radical (unpaired) electrons. The molecule has 1 heterocycles. The lowest BCUT2D eigenvalue weighted by Crippen LogP contribution is -2.54. The highest BCUT2D eigenvalue weighted by atomic mass is 16.1. The molecule has 0 saturated heterocycles. The number of fused-ring (bicyclic) bond motifs is 2. The van der Waals surface area contributed by atoms with Crippen molar-refractivity contribution >= 4 is 17.8 Å². The van der Waals surface area contributed by atoms with Gasteiger partial charge in [-0.25, -0.2) is 0 Å². The van der Waals surface area contributed by atoms with Crippen molar-refractivity contribution in [2.45, 2.75) is 49.6 Å². The quantitative estimate of drug-likeness (QED) is 0.829. The number of carbonyl (C=O) groups is 1. The fourth-order valence-electron chi connectivity index (χ4n) is 4.85. The van der Waals surface area contributed by atoms with Crippen LogP contribution in [0.3, 0.4) is 0 Å². The Kier molecular flexibility index (Phi) is 4.76. The second-order valence-corrected chi connectivity index (χ2v) is 8.14. The fraction of sp³-hybridized carbons (Fsp3) is 0.455. The Morgan fingerprint density at radius 1 is 1.14 bits per heavy atom. The predicted octanol–water partition coefficient (Wildman–Crippen LogP) is 2.76. The average Bonchev–Trinajstić information content (AvgIpc) is 2.98. The van der Waals surface area contributed by atoms with Gasteiger partial charge in [0.15, 0.2) is 0 Å². The van der Waals surface area contributed by atoms with Crippen LogP contribution in [0.4, 0.5) is 0 Å². The van der Waals surface area contributed by atoms with Crippen LogP contribution in [0.25, 0.3) is 0 Å². The third-order valence-electron chi connectivity index (χ3n) is 6.15. The topological polar surface area (TPSA) is 89.6 Å². The minimum atomic E-state index is -0.201. The predicted molar refractivity (Wildman–Crippen MR) is 110 cm³/mol. The molecule has 2 fully saturated rings. The maximum absolute atomic E-state index is 12.8. The molecule has 1 amide bonds. The van der Waals surface area contributed by atoms with Crippen molar-refractivity contribution in [3.63, 3.8) is 0 Å². The summed E-state index contributed by atoms with van der Waals surface area (Å²) in [4.78, 5) is 21.6. The zero-order valence-corrected chi connectivity index (χ0v) is 16.0. The van der Waals surface area contributed by atoms with Gasteiger partial charge in [0.25, 0.3) is 5.91 Å². The number of aliphatic imine (C=N–C) groups is 2. The van der Waals surface area contributed by atoms with Gasteiger partial charge >= 0.3 is 0 Å². The summed E-state index contributed by atoms with van der Waals surface area (Å²) >= 11 is 0. The van der Waals surface area contributed by atoms with Crippen LogP contribution in [0.2, 0.25) is 0 Å². The first kappa shape index (κ1) is 18.4. The summed E-state index contributed by atoms with van der Waals surface area (Å²) in [5, 5.41) is 16.0. The molecular formula is C22H25N5O. The van der Waals surface area contributed by atoms with Gasteiger partial charge in [0.1, 0.15) is 0 Å². The zero-order chi connectivity index (χ0) is 19.6. The first-order chi connectivity index (χ1) is 13.5. The molecule has 2 unspecified atom stereocenters. The summed E-state index contributed by atoms with van der Waals surface area (Å²) in [5.41, 5.74) is 2.46. The number of amides is 1. The van der Waals surface area contributed by atoms with Gasteiger partial charge in [-0.05, 0) is 56.7 Å². The summed E-state index contributed by atoms with van der Waals surface area (Å²) in [6, 6.07) is 8.97. The van der Waals surface area contributed by atoms with E-state index in [1.54, 1.807) is 30.5 Å². The monoisotopic (exact) mass is 375 g/mol. The van der Waals surface area contributed by atoms with Crippen molar-refractivity contribution in [1.29, 1.82) is 5.26 Å². The first-order valence-electron chi connectivity index (χ1n) is 9.88. The van der Waals surface area contributed by atoms with E-state index in [0.717, 1.165) is 56.5 Å². The molecule has 1 aliphatic heterocycles. The number of hydrogen-bond donors (Lipinski definition) is 2. The highest BCUT2D eigenvalue weighted by Crippen LogP contribution is 2.48. The van der Waals surface area contributed by atoms with Gasteiger partial charge in [-0.15, -0.1) is 0 Å². The van der Waals surface area contributed by atoms with Crippen molar-refractivity contribution in [2.75, 3.05) is 13.1 Å². The van der Waals surface area contributed by atoms with Gasteiger partial charge in [0.2, 0.25) is 0 Å². The van der Waals surface area contributed by atoms with Gasteiger partial charge in [-0.2, -0.15) is 5.26 Å². The summed E-state index contributed by atoms with van der Waals surface area (Å²) in [7, 11) is 0. The van der Waals surface area contributed by atoms with E-state index >= 15 is 0 Å². The lowest BCUT2D eigenvalue weighted by atomic mass is 9.78. The molecular weight excluding hydrogens is 350 g/mol. The third-order valence-corrected chi connectivity index (χ3v) is 6.15. The lowest BCUT2D eigenvalue weighted by molar-refractivity contribution is 0.0872. The van der Waals surface area contributed by atoms with Crippen LogP contribution in [-0.4, -0.2) is 42.0 Å². The van der Waals surface area contributed by atoms with Gasteiger partial charge < -0.3 is 10.6 Å². The summed E-state index contributed by atoms with van der Waals surface area (Å²) < 4.78 is 0. The highest BCUT2D eigenvalue weighted by Gasteiger charge is 2.52. The van der Waals surface area contributed by atoms with E-state index in [-0.39, 0.29) is 17.0 Å². The summed E-state index contributed by atoms with van der Waals surface area (Å²) in [6.45, 7) is 5.63. The standard InChI is InChI=1S/C22H25N5O/c1-16(19-14-24-10-11-25-19)26-21-6-3-7-22(15-21,9-8-21)27-20(28)18-5-2-4-17(12-18)13-23/h2,4-5,12,14,26H,1,3,6-11,15H2,(H,27,28). The molecule has 28 heavy (non-hydrogen) atoms. The molecule has 6 nitrogen and oxygen atoms in total. The number of carbonyl (C=O) groups excluding carboxylic acids is 1. The molecule has 2 atom stereocenters. The Morgan fingerprint density at radius 3 is 2.64 bits per heavy atom. The Balaban J connectivity index is 1.46. The van der Waals surface area contributed by atoms with E-state index in [1.807, 2.05) is 0 Å². The number of hydrogen-bond acceptors (Lipinski definition) is 5. The van der Waals surface area contributed by atoms with Crippen LogP contribution in [0.1, 0.15) is 54.4 Å². The van der Waals surface area contributed by atoms with Crippen LogP contribution >= 0.6 is 0 Å². The third kappa shape index (κ3) is 3.57. The van der Waals surface area contributed by atoms with Gasteiger partial charge in [0, 0.05) is 22.9 Å². The molecule has 2 saturated carbocycles. The zero-order valence-electron chi connectivity index (χ0n) is 16.0. The van der Waals surface area contributed by atoms with Crippen LogP contribution in [-0.2, 0) is 0 Å². The normalized spacial score (nSPS) is 28.2. The van der Waals surface area contributed by atoms with Crippen molar-refractivity contribution in [1.82, 2.24) is 10.6 Å². The minimum absolute atomic E-state index is 0.0507. The Morgan fingerprint density at radius 2 is 1.93 bits per heavy atom. The van der Waals surface area contributed by atoms with Gasteiger partial charge in [-0.3, -0.25) is 14.8 Å². The van der Waals surface area contributed by atoms with Crippen LogP contribution in [0.15, 0.2) is 46.5 Å². The van der Waals surface area contributed by atoms with Crippen molar-refractivity contribution < 1.29 is 4.79 Å². The number of nitriles is 1. The van der Waals surface area contributed by atoms with E-state index in [2.05, 4.69) is 33.3 Å². The molecule has 0 spiro atoms. The largest absolute Gasteiger partial charge is 0.378 e. The van der Waals surface area contributed by atoms with Crippen molar-refractivity contribution in [3.8, 4) is 6.07 Å². The van der Waals surface area contributed by atoms with E-state index in [1.165, 1.54) is 0 Å². The molecule has 6 heteroatoms. The van der Waals surface area contributed by atoms with E-state index < -0.39 is 0 Å². The molecule has 1 aromatic carbocycles. The number of nitrogens with one attached hydrogen (secondary N) is 2. The van der Waals surface area contributed by atoms with E-state index in [4.69, 9.17) is 5.26 Å². The average molecular weight is 375 g/mol. The molecule has 2 aliphatic carbocycles. The fourth-order valence-corrected chi connectivity index (χ4v) is 4.85. The highest BCUT2D eigenvalue weighted by molar-refractivity contribution is 6.38. The number of nitrogens with zero attached hydrogens (tertiary/aromatic N) is 3. The minimum Gasteiger partial charge on any atom is -0.378 e. The number of benzene rings is 1. The molecule has 0 aromatic heterocycles. The molecule has 4 rings (SSSR count). The first-order valence-corrected chi connectivity index (χ1v) is 9.88. The van der Waals surface area contributed by atoms with Crippen molar-refractivity contribution in [3.05, 3.63) is 47.7 Å². The molecule has 1 aromatic rings. The number of rotatable bonds is 5. The maximum Gasteiger partial charge on any atom is 0.251 e. The summed E-state index contributed by atoms with van der Waals surface area (Å²) in [6.07, 6.45) is 7.72. The molecule has 144 valence electrons. The van der Waals surface area contributed by atoms with Crippen LogP contribution < -0.4 is 10.6 Å². The SMILES string of the molecule is C=C(NC12CCCC(NC(=O)c3cccc(C#N)c3)(CC1)C2)C1=NCCN=C1. The molecule has 2 bridgehead atoms.